The van der Waals surface area contributed by atoms with Crippen LogP contribution in [0.15, 0.2) is 188 Å². The number of fused-ring (bicyclic) bond motifs is 4. The summed E-state index contributed by atoms with van der Waals surface area (Å²) in [5, 5.41) is 1.73. The summed E-state index contributed by atoms with van der Waals surface area (Å²) in [5.41, 5.74) is 10.3. The molecule has 6 heteroatoms. The van der Waals surface area contributed by atoms with Crippen LogP contribution >= 0.6 is 0 Å². The van der Waals surface area contributed by atoms with Crippen LogP contribution in [0, 0.1) is 18.8 Å². The number of aromatic nitrogens is 2. The molecule has 10 aromatic rings. The summed E-state index contributed by atoms with van der Waals surface area (Å²) in [6, 6.07) is 51.3. The molecule has 72 heavy (non-hydrogen) atoms. The molecule has 0 amide bonds. The first-order valence-electron chi connectivity index (χ1n) is 28.0. The summed E-state index contributed by atoms with van der Waals surface area (Å²) < 4.78 is 80.3. The molecule has 5 nitrogen and oxygen atoms in total. The molecule has 0 unspecified atom stereocenters. The van der Waals surface area contributed by atoms with Crippen molar-refractivity contribution in [1.82, 2.24) is 9.55 Å². The molecule has 0 saturated heterocycles. The summed E-state index contributed by atoms with van der Waals surface area (Å²) in [6.45, 7) is 20.9. The molecule has 0 N–H and O–H groups in total. The van der Waals surface area contributed by atoms with Gasteiger partial charge in [0.1, 0.15) is 5.82 Å². The fraction of sp³-hybridized carbons (Fsp3) is 0.182. The second-order valence-corrected chi connectivity index (χ2v) is 21.3. The summed E-state index contributed by atoms with van der Waals surface area (Å²) >= 11 is 0. The normalized spacial score (nSPS) is 14.4. The Balaban J connectivity index is 0.00000720. The van der Waals surface area contributed by atoms with Crippen LogP contribution in [-0.2, 0) is 37.3 Å². The van der Waals surface area contributed by atoms with E-state index in [1.165, 1.54) is 0 Å². The van der Waals surface area contributed by atoms with Crippen molar-refractivity contribution in [3.8, 4) is 50.7 Å². The molecule has 0 bridgehead atoms. The van der Waals surface area contributed by atoms with Gasteiger partial charge in [-0.15, -0.1) is 48.1 Å². The van der Waals surface area contributed by atoms with Crippen molar-refractivity contribution in [3.63, 3.8) is 0 Å². The summed E-state index contributed by atoms with van der Waals surface area (Å²) in [6.07, 6.45) is -0.220. The van der Waals surface area contributed by atoms with E-state index < -0.39 is 23.5 Å². The zero-order valence-corrected chi connectivity index (χ0v) is 44.1. The number of pyridine rings is 1. The van der Waals surface area contributed by atoms with Crippen LogP contribution in [0.2, 0.25) is 0 Å². The van der Waals surface area contributed by atoms with Gasteiger partial charge >= 0.3 is 0 Å². The maximum atomic E-state index is 9.53. The Kier molecular flexibility index (Phi) is 10.3. The Morgan fingerprint density at radius 1 is 0.528 bits per heavy atom. The molecular weight excluding hydrogens is 1060 g/mol. The molecule has 0 fully saturated rings. The molecule has 362 valence electrons. The van der Waals surface area contributed by atoms with Crippen molar-refractivity contribution in [1.29, 1.82) is 0 Å². The van der Waals surface area contributed by atoms with E-state index in [1.807, 2.05) is 145 Å². The molecule has 0 radical (unpaired) electrons. The fourth-order valence-electron chi connectivity index (χ4n) is 9.31. The molecule has 1 aliphatic rings. The number of rotatable bonds is 8. The van der Waals surface area contributed by atoms with E-state index >= 15 is 0 Å². The molecule has 0 aliphatic carbocycles. The zero-order chi connectivity index (χ0) is 56.2. The van der Waals surface area contributed by atoms with Gasteiger partial charge in [0.05, 0.1) is 11.0 Å². The third-order valence-electron chi connectivity index (χ3n) is 13.2. The number of para-hydroxylation sites is 3. The average molecular weight is 1130 g/mol. The zero-order valence-electron chi connectivity index (χ0n) is 49.9. The Hall–Kier alpha value is -7.20. The number of hydrogen-bond acceptors (Lipinski definition) is 4. The average Bonchev–Trinajstić information content (AvgIpc) is 4.18. The van der Waals surface area contributed by atoms with Crippen molar-refractivity contribution in [2.75, 3.05) is 9.80 Å². The largest absolute Gasteiger partial charge is 0.509 e. The summed E-state index contributed by atoms with van der Waals surface area (Å²) in [7, 11) is 0. The SMILES string of the molecule is [2H]c1nc(-n2c3[c-]c(Oc4[c-]c(N5[CH-]N(c6c(-c7cc(C(C)(C)C)cc(C(C)(C)C)c7)cccc6-c6c([2H])c([2H])c([2H])c([2H])c6[2H])c6ccccc65)ccc4)ccc3c3cc(-c4ccccc4)ccc32)c([2H])c(C(C)(C)C)c1[2H].[Pt]. The molecule has 1 aliphatic heterocycles. The van der Waals surface area contributed by atoms with E-state index in [1.54, 1.807) is 0 Å². The molecule has 0 saturated carbocycles. The molecule has 3 heterocycles. The number of ether oxygens (including phenoxy) is 1. The minimum Gasteiger partial charge on any atom is -0.509 e. The molecule has 0 spiro atoms. The fourth-order valence-corrected chi connectivity index (χ4v) is 9.31. The van der Waals surface area contributed by atoms with Crippen LogP contribution in [0.1, 0.15) is 90.0 Å². The van der Waals surface area contributed by atoms with Gasteiger partial charge in [0, 0.05) is 72.4 Å². The van der Waals surface area contributed by atoms with E-state index in [-0.39, 0.29) is 73.6 Å². The van der Waals surface area contributed by atoms with Gasteiger partial charge in [-0.1, -0.05) is 189 Å². The van der Waals surface area contributed by atoms with Crippen LogP contribution in [0.25, 0.3) is 61.0 Å². The van der Waals surface area contributed by atoms with Gasteiger partial charge in [-0.25, -0.2) is 4.98 Å². The predicted molar refractivity (Wildman–Crippen MR) is 297 cm³/mol. The van der Waals surface area contributed by atoms with Gasteiger partial charge in [0.15, 0.2) is 0 Å². The Labute approximate surface area is 451 Å². The Bertz CT molecular complexity index is 4040. The molecule has 0 atom stereocenters. The molecule has 8 aromatic carbocycles. The molecular formula is C66H59N4OPt-3. The third-order valence-corrected chi connectivity index (χ3v) is 13.2. The van der Waals surface area contributed by atoms with E-state index in [9.17, 15) is 4.11 Å². The van der Waals surface area contributed by atoms with Crippen LogP contribution in [-0.4, -0.2) is 9.55 Å². The minimum atomic E-state index is -0.617. The standard InChI is InChI=1S/C66H59N4O.Pt/c1-64(2,3)48-34-35-67-62(40-48)70-58-33-30-46(44-20-12-10-13-21-44)38-57(58)56-32-31-53(42-61(56)70)71-52-25-18-24-51(41-52)68-43-69(60-29-17-16-28-59(60)68)63-54(45-22-14-11-15-23-45)26-19-27-55(63)47-36-49(65(4,5)6)39-50(37-47)66(7,8)9;/h10-40,43H,1-9H3;/q-3;/i11D,14D,15D,22D,23D,34D,35D,40D;. The molecule has 2 aromatic heterocycles. The van der Waals surface area contributed by atoms with Crippen LogP contribution in [0.3, 0.4) is 0 Å². The van der Waals surface area contributed by atoms with E-state index in [4.69, 9.17) is 11.6 Å². The number of anilines is 4. The summed E-state index contributed by atoms with van der Waals surface area (Å²) in [4.78, 5) is 8.66. The number of hydrogen-bond donors (Lipinski definition) is 0. The second kappa shape index (κ2) is 18.8. The first-order valence-corrected chi connectivity index (χ1v) is 24.0. The van der Waals surface area contributed by atoms with Gasteiger partial charge in [-0.3, -0.25) is 0 Å². The van der Waals surface area contributed by atoms with Crippen molar-refractivity contribution in [3.05, 3.63) is 223 Å². The van der Waals surface area contributed by atoms with Gasteiger partial charge in [0.2, 0.25) is 0 Å². The number of nitrogens with zero attached hydrogens (tertiary/aromatic N) is 4. The monoisotopic (exact) mass is 1130 g/mol. The van der Waals surface area contributed by atoms with Gasteiger partial charge in [-0.05, 0) is 90.9 Å². The minimum absolute atomic E-state index is 0. The first-order chi connectivity index (χ1) is 37.4. The van der Waals surface area contributed by atoms with Crippen LogP contribution < -0.4 is 14.5 Å². The van der Waals surface area contributed by atoms with E-state index in [2.05, 4.69) is 95.1 Å². The second-order valence-electron chi connectivity index (χ2n) is 21.3. The van der Waals surface area contributed by atoms with Gasteiger partial charge in [-0.2, -0.15) is 12.1 Å². The van der Waals surface area contributed by atoms with E-state index in [0.717, 1.165) is 61.0 Å². The maximum Gasteiger partial charge on any atom is 0.135 e. The Morgan fingerprint density at radius 2 is 1.17 bits per heavy atom. The first kappa shape index (κ1) is 39.4. The molecule has 11 rings (SSSR count). The maximum absolute atomic E-state index is 9.53. The number of benzene rings is 8. The van der Waals surface area contributed by atoms with Gasteiger partial charge < -0.3 is 19.1 Å². The summed E-state index contributed by atoms with van der Waals surface area (Å²) in [5.74, 6) is 0.985. The topological polar surface area (TPSA) is 33.5 Å². The van der Waals surface area contributed by atoms with Crippen molar-refractivity contribution in [2.45, 2.75) is 78.6 Å². The van der Waals surface area contributed by atoms with Gasteiger partial charge in [0.25, 0.3) is 0 Å². The van der Waals surface area contributed by atoms with Crippen molar-refractivity contribution in [2.24, 2.45) is 0 Å². The van der Waals surface area contributed by atoms with Crippen molar-refractivity contribution < 1.29 is 36.8 Å². The van der Waals surface area contributed by atoms with Crippen LogP contribution in [0.4, 0.5) is 22.7 Å². The van der Waals surface area contributed by atoms with Crippen molar-refractivity contribution >= 4 is 44.6 Å². The predicted octanol–water partition coefficient (Wildman–Crippen LogP) is 17.9. The Morgan fingerprint density at radius 3 is 1.86 bits per heavy atom. The van der Waals surface area contributed by atoms with Crippen LogP contribution in [0.5, 0.6) is 11.5 Å². The quantitative estimate of drug-likeness (QED) is 0.142. The third kappa shape index (κ3) is 9.16. The smallest absolute Gasteiger partial charge is 0.135 e. The van der Waals surface area contributed by atoms with E-state index in [0.29, 0.717) is 39.5 Å².